The lowest BCUT2D eigenvalue weighted by Gasteiger charge is -2.23. The van der Waals surface area contributed by atoms with Crippen LogP contribution in [0.5, 0.6) is 0 Å². The van der Waals surface area contributed by atoms with E-state index in [0.29, 0.717) is 0 Å². The Hall–Kier alpha value is -0.830. The molecule has 1 saturated heterocycles. The van der Waals surface area contributed by atoms with Crippen LogP contribution in [0.15, 0.2) is 12.3 Å². The molecule has 0 spiro atoms. The van der Waals surface area contributed by atoms with Crippen LogP contribution in [0.4, 0.5) is 0 Å². The summed E-state index contributed by atoms with van der Waals surface area (Å²) >= 11 is 0. The van der Waals surface area contributed by atoms with E-state index < -0.39 is 0 Å². The van der Waals surface area contributed by atoms with E-state index in [9.17, 15) is 0 Å². The quantitative estimate of drug-likeness (QED) is 0.637. The zero-order chi connectivity index (χ0) is 8.39. The van der Waals surface area contributed by atoms with E-state index in [-0.39, 0.29) is 6.23 Å². The highest BCUT2D eigenvalue weighted by molar-refractivity contribution is 4.97. The number of hydrogen-bond donors (Lipinski definition) is 0. The molecular weight excluding hydrogens is 152 g/mol. The van der Waals surface area contributed by atoms with Crippen LogP contribution < -0.4 is 0 Å². The first-order valence-corrected chi connectivity index (χ1v) is 4.49. The van der Waals surface area contributed by atoms with Gasteiger partial charge in [0, 0.05) is 18.5 Å². The van der Waals surface area contributed by atoms with Gasteiger partial charge < -0.3 is 4.74 Å². The van der Waals surface area contributed by atoms with Gasteiger partial charge in [-0.1, -0.05) is 0 Å². The third kappa shape index (κ3) is 1.37. The van der Waals surface area contributed by atoms with Gasteiger partial charge in [0.2, 0.25) is 0 Å². The molecule has 0 saturated carbocycles. The third-order valence-corrected chi connectivity index (χ3v) is 2.30. The van der Waals surface area contributed by atoms with Crippen molar-refractivity contribution in [1.82, 2.24) is 9.78 Å². The van der Waals surface area contributed by atoms with E-state index >= 15 is 0 Å². The molecule has 1 aromatic heterocycles. The Labute approximate surface area is 72.3 Å². The first-order valence-electron chi connectivity index (χ1n) is 4.49. The van der Waals surface area contributed by atoms with Crippen molar-refractivity contribution in [2.75, 3.05) is 6.61 Å². The summed E-state index contributed by atoms with van der Waals surface area (Å²) in [5.74, 6) is 0. The topological polar surface area (TPSA) is 27.1 Å². The zero-order valence-electron chi connectivity index (χ0n) is 7.36. The van der Waals surface area contributed by atoms with Gasteiger partial charge >= 0.3 is 0 Å². The van der Waals surface area contributed by atoms with Crippen molar-refractivity contribution in [2.45, 2.75) is 32.4 Å². The SMILES string of the molecule is Cc1ccnn1C1CCCCO1. The van der Waals surface area contributed by atoms with E-state index in [1.165, 1.54) is 18.5 Å². The molecule has 0 bridgehead atoms. The fourth-order valence-corrected chi connectivity index (χ4v) is 1.60. The fourth-order valence-electron chi connectivity index (χ4n) is 1.60. The molecule has 0 aromatic carbocycles. The molecule has 12 heavy (non-hydrogen) atoms. The van der Waals surface area contributed by atoms with Gasteiger partial charge in [-0.3, -0.25) is 0 Å². The Kier molecular flexibility index (Phi) is 2.13. The highest BCUT2D eigenvalue weighted by Gasteiger charge is 2.16. The minimum Gasteiger partial charge on any atom is -0.357 e. The van der Waals surface area contributed by atoms with Gasteiger partial charge in [0.05, 0.1) is 0 Å². The molecule has 1 aliphatic heterocycles. The molecule has 0 N–H and O–H groups in total. The number of nitrogens with zero attached hydrogens (tertiary/aromatic N) is 2. The molecule has 66 valence electrons. The molecule has 0 radical (unpaired) electrons. The van der Waals surface area contributed by atoms with Crippen molar-refractivity contribution >= 4 is 0 Å². The number of ether oxygens (including phenoxy) is 1. The summed E-state index contributed by atoms with van der Waals surface area (Å²) in [6.07, 6.45) is 5.56. The van der Waals surface area contributed by atoms with Crippen LogP contribution >= 0.6 is 0 Å². The van der Waals surface area contributed by atoms with Gasteiger partial charge in [-0.2, -0.15) is 5.10 Å². The molecule has 1 atom stereocenters. The van der Waals surface area contributed by atoms with E-state index in [1.807, 2.05) is 16.9 Å². The van der Waals surface area contributed by atoms with Crippen molar-refractivity contribution in [1.29, 1.82) is 0 Å². The van der Waals surface area contributed by atoms with Crippen LogP contribution in [0.1, 0.15) is 31.2 Å². The summed E-state index contributed by atoms with van der Waals surface area (Å²) in [7, 11) is 0. The molecule has 1 fully saturated rings. The molecule has 3 heteroatoms. The predicted molar refractivity (Wildman–Crippen MR) is 45.8 cm³/mol. The lowest BCUT2D eigenvalue weighted by atomic mass is 10.2. The highest BCUT2D eigenvalue weighted by Crippen LogP contribution is 2.22. The maximum atomic E-state index is 5.60. The maximum absolute atomic E-state index is 5.60. The Morgan fingerprint density at radius 3 is 3.08 bits per heavy atom. The molecule has 2 rings (SSSR count). The Morgan fingerprint density at radius 1 is 1.58 bits per heavy atom. The van der Waals surface area contributed by atoms with E-state index in [0.717, 1.165) is 13.0 Å². The minimum atomic E-state index is 0.189. The van der Waals surface area contributed by atoms with Crippen LogP contribution in [0.25, 0.3) is 0 Å². The van der Waals surface area contributed by atoms with Crippen molar-refractivity contribution in [3.05, 3.63) is 18.0 Å². The predicted octanol–water partition coefficient (Wildman–Crippen LogP) is 1.89. The lowest BCUT2D eigenvalue weighted by Crippen LogP contribution is -2.19. The number of aryl methyl sites for hydroxylation is 1. The van der Waals surface area contributed by atoms with Crippen LogP contribution in [0.2, 0.25) is 0 Å². The number of aromatic nitrogens is 2. The van der Waals surface area contributed by atoms with Gasteiger partial charge in [0.15, 0.2) is 0 Å². The fraction of sp³-hybridized carbons (Fsp3) is 0.667. The van der Waals surface area contributed by atoms with Gasteiger partial charge in [0.1, 0.15) is 6.23 Å². The Morgan fingerprint density at radius 2 is 2.50 bits per heavy atom. The average molecular weight is 166 g/mol. The first-order chi connectivity index (χ1) is 5.88. The largest absolute Gasteiger partial charge is 0.357 e. The second-order valence-corrected chi connectivity index (χ2v) is 3.24. The maximum Gasteiger partial charge on any atom is 0.150 e. The second-order valence-electron chi connectivity index (χ2n) is 3.24. The number of hydrogen-bond acceptors (Lipinski definition) is 2. The summed E-state index contributed by atoms with van der Waals surface area (Å²) in [6.45, 7) is 2.94. The summed E-state index contributed by atoms with van der Waals surface area (Å²) < 4.78 is 7.58. The van der Waals surface area contributed by atoms with Crippen molar-refractivity contribution in [3.63, 3.8) is 0 Å². The molecule has 1 aromatic rings. The molecule has 1 aliphatic rings. The summed E-state index contributed by atoms with van der Waals surface area (Å²) in [5, 5.41) is 4.23. The monoisotopic (exact) mass is 166 g/mol. The van der Waals surface area contributed by atoms with Crippen molar-refractivity contribution in [2.24, 2.45) is 0 Å². The van der Waals surface area contributed by atoms with Crippen LogP contribution in [0.3, 0.4) is 0 Å². The highest BCUT2D eigenvalue weighted by atomic mass is 16.5. The standard InChI is InChI=1S/C9H14N2O/c1-8-5-6-10-11(8)9-4-2-3-7-12-9/h5-6,9H,2-4,7H2,1H3. The van der Waals surface area contributed by atoms with Crippen LogP contribution in [-0.4, -0.2) is 16.4 Å². The first kappa shape index (κ1) is 7.80. The smallest absolute Gasteiger partial charge is 0.150 e. The van der Waals surface area contributed by atoms with Crippen LogP contribution in [-0.2, 0) is 4.74 Å². The molecule has 0 amide bonds. The summed E-state index contributed by atoms with van der Waals surface area (Å²) in [5.41, 5.74) is 1.18. The second kappa shape index (κ2) is 3.27. The van der Waals surface area contributed by atoms with E-state index in [2.05, 4.69) is 12.0 Å². The Bertz CT molecular complexity index is 251. The molecule has 2 heterocycles. The average Bonchev–Trinajstić information content (AvgIpc) is 2.53. The van der Waals surface area contributed by atoms with E-state index in [4.69, 9.17) is 4.74 Å². The minimum absolute atomic E-state index is 0.189. The van der Waals surface area contributed by atoms with Gasteiger partial charge in [0.25, 0.3) is 0 Å². The van der Waals surface area contributed by atoms with Crippen LogP contribution in [0, 0.1) is 6.92 Å². The van der Waals surface area contributed by atoms with Gasteiger partial charge in [-0.15, -0.1) is 0 Å². The normalized spacial score (nSPS) is 24.2. The van der Waals surface area contributed by atoms with Gasteiger partial charge in [-0.05, 0) is 32.3 Å². The van der Waals surface area contributed by atoms with Crippen molar-refractivity contribution < 1.29 is 4.74 Å². The number of rotatable bonds is 1. The summed E-state index contributed by atoms with van der Waals surface area (Å²) in [4.78, 5) is 0. The van der Waals surface area contributed by atoms with Gasteiger partial charge in [-0.25, -0.2) is 4.68 Å². The molecule has 0 aliphatic carbocycles. The summed E-state index contributed by atoms with van der Waals surface area (Å²) in [6, 6.07) is 2.01. The van der Waals surface area contributed by atoms with Crippen molar-refractivity contribution in [3.8, 4) is 0 Å². The Balaban J connectivity index is 2.13. The molecule has 3 nitrogen and oxygen atoms in total. The molecule has 1 unspecified atom stereocenters. The zero-order valence-corrected chi connectivity index (χ0v) is 7.36. The van der Waals surface area contributed by atoms with E-state index in [1.54, 1.807) is 0 Å². The molecular formula is C9H14N2O. The lowest BCUT2D eigenvalue weighted by molar-refractivity contribution is -0.0406. The third-order valence-electron chi connectivity index (χ3n) is 2.30.